The largest absolute Gasteiger partial charge is 0.414 e. The van der Waals surface area contributed by atoms with Crippen molar-refractivity contribution >= 4 is 14.6 Å². The second kappa shape index (κ2) is 4.38. The van der Waals surface area contributed by atoms with Gasteiger partial charge in [0, 0.05) is 12.5 Å². The maximum atomic E-state index is 10.3. The molecular formula is C10H22O2Si. The molecule has 13 heavy (non-hydrogen) atoms. The molecule has 0 aliphatic heterocycles. The van der Waals surface area contributed by atoms with Crippen molar-refractivity contribution in [1.29, 1.82) is 0 Å². The zero-order valence-electron chi connectivity index (χ0n) is 9.68. The molecule has 1 atom stereocenters. The molecule has 0 fully saturated rings. The zero-order valence-corrected chi connectivity index (χ0v) is 10.7. The van der Waals surface area contributed by atoms with E-state index < -0.39 is 8.32 Å². The third-order valence-electron chi connectivity index (χ3n) is 2.73. The van der Waals surface area contributed by atoms with Crippen molar-refractivity contribution < 1.29 is 9.22 Å². The molecule has 0 amide bonds. The summed E-state index contributed by atoms with van der Waals surface area (Å²) in [7, 11) is -1.66. The second-order valence-corrected chi connectivity index (χ2v) is 9.85. The lowest BCUT2D eigenvalue weighted by atomic mass is 10.2. The first kappa shape index (κ1) is 12.8. The quantitative estimate of drug-likeness (QED) is 0.517. The lowest BCUT2D eigenvalue weighted by Gasteiger charge is -2.38. The Morgan fingerprint density at radius 1 is 1.38 bits per heavy atom. The molecule has 0 heterocycles. The highest BCUT2D eigenvalue weighted by atomic mass is 28.4. The van der Waals surface area contributed by atoms with Crippen LogP contribution in [-0.4, -0.2) is 20.7 Å². The van der Waals surface area contributed by atoms with Gasteiger partial charge in [-0.15, -0.1) is 0 Å². The zero-order chi connectivity index (χ0) is 10.7. The van der Waals surface area contributed by atoms with Crippen LogP contribution in [0.25, 0.3) is 0 Å². The molecule has 0 saturated carbocycles. The highest BCUT2D eigenvalue weighted by Gasteiger charge is 2.38. The number of carbonyl (C=O) groups excluding carboxylic acids is 1. The van der Waals surface area contributed by atoms with E-state index in [1.165, 1.54) is 0 Å². The van der Waals surface area contributed by atoms with E-state index in [0.29, 0.717) is 6.42 Å². The molecule has 0 saturated heterocycles. The lowest BCUT2D eigenvalue weighted by Crippen LogP contribution is -2.43. The number of carbonyl (C=O) groups is 1. The third-order valence-corrected chi connectivity index (χ3v) is 7.33. The van der Waals surface area contributed by atoms with E-state index in [-0.39, 0.29) is 11.1 Å². The molecule has 0 radical (unpaired) electrons. The predicted molar refractivity (Wildman–Crippen MR) is 58.4 cm³/mol. The van der Waals surface area contributed by atoms with Crippen LogP contribution in [0.5, 0.6) is 0 Å². The minimum Gasteiger partial charge on any atom is -0.414 e. The normalized spacial score (nSPS) is 15.5. The van der Waals surface area contributed by atoms with Gasteiger partial charge in [0.25, 0.3) is 0 Å². The Morgan fingerprint density at radius 2 is 1.85 bits per heavy atom. The maximum absolute atomic E-state index is 10.3. The molecule has 0 rings (SSSR count). The van der Waals surface area contributed by atoms with Crippen molar-refractivity contribution in [3.05, 3.63) is 0 Å². The SMILES string of the molecule is C[C@@H](CC=O)O[Si](C)(C)C(C)(C)C. The van der Waals surface area contributed by atoms with E-state index in [9.17, 15) is 4.79 Å². The Balaban J connectivity index is 4.24. The molecule has 0 aromatic rings. The topological polar surface area (TPSA) is 26.3 Å². The number of rotatable bonds is 4. The van der Waals surface area contributed by atoms with Crippen LogP contribution in [0.4, 0.5) is 0 Å². The molecule has 0 N–H and O–H groups in total. The first-order valence-electron chi connectivity index (χ1n) is 4.82. The molecule has 0 aliphatic carbocycles. The van der Waals surface area contributed by atoms with Crippen molar-refractivity contribution in [2.45, 2.75) is 58.4 Å². The highest BCUT2D eigenvalue weighted by Crippen LogP contribution is 2.37. The molecule has 0 unspecified atom stereocenters. The van der Waals surface area contributed by atoms with Crippen LogP contribution in [0.2, 0.25) is 18.1 Å². The summed E-state index contributed by atoms with van der Waals surface area (Å²) in [6.07, 6.45) is 1.50. The first-order valence-corrected chi connectivity index (χ1v) is 7.73. The second-order valence-electron chi connectivity index (χ2n) is 5.09. The lowest BCUT2D eigenvalue weighted by molar-refractivity contribution is -0.109. The van der Waals surface area contributed by atoms with Gasteiger partial charge in [0.1, 0.15) is 6.29 Å². The van der Waals surface area contributed by atoms with Crippen LogP contribution < -0.4 is 0 Å². The molecule has 0 aromatic heterocycles. The van der Waals surface area contributed by atoms with Gasteiger partial charge in [-0.1, -0.05) is 20.8 Å². The van der Waals surface area contributed by atoms with Gasteiger partial charge in [0.2, 0.25) is 0 Å². The van der Waals surface area contributed by atoms with E-state index >= 15 is 0 Å². The molecule has 78 valence electrons. The van der Waals surface area contributed by atoms with E-state index in [4.69, 9.17) is 4.43 Å². The number of hydrogen-bond donors (Lipinski definition) is 0. The fourth-order valence-electron chi connectivity index (χ4n) is 0.863. The van der Waals surface area contributed by atoms with Crippen LogP contribution in [0.1, 0.15) is 34.1 Å². The Morgan fingerprint density at radius 3 is 2.15 bits per heavy atom. The van der Waals surface area contributed by atoms with Gasteiger partial charge in [-0.25, -0.2) is 0 Å². The standard InChI is InChI=1S/C10H22O2Si/c1-9(7-8-11)12-13(5,6)10(2,3)4/h8-9H,7H2,1-6H3/t9-/m0/s1. The van der Waals surface area contributed by atoms with Gasteiger partial charge in [-0.3, -0.25) is 0 Å². The third kappa shape index (κ3) is 4.05. The van der Waals surface area contributed by atoms with Crippen LogP contribution in [0.15, 0.2) is 0 Å². The van der Waals surface area contributed by atoms with Crippen molar-refractivity contribution in [2.24, 2.45) is 0 Å². The monoisotopic (exact) mass is 202 g/mol. The summed E-state index contributed by atoms with van der Waals surface area (Å²) in [6, 6.07) is 0. The minimum atomic E-state index is -1.66. The minimum absolute atomic E-state index is 0.0680. The molecule has 3 heteroatoms. The van der Waals surface area contributed by atoms with Crippen LogP contribution in [-0.2, 0) is 9.22 Å². The Labute approximate surface area is 82.8 Å². The maximum Gasteiger partial charge on any atom is 0.192 e. The molecule has 0 spiro atoms. The van der Waals surface area contributed by atoms with Crippen molar-refractivity contribution in [3.63, 3.8) is 0 Å². The summed E-state index contributed by atoms with van der Waals surface area (Å²) in [5, 5.41) is 0.226. The van der Waals surface area contributed by atoms with Gasteiger partial charge in [-0.05, 0) is 25.1 Å². The van der Waals surface area contributed by atoms with Gasteiger partial charge in [0.15, 0.2) is 8.32 Å². The van der Waals surface area contributed by atoms with E-state index in [1.807, 2.05) is 6.92 Å². The van der Waals surface area contributed by atoms with Gasteiger partial charge in [-0.2, -0.15) is 0 Å². The Hall–Kier alpha value is -0.153. The fraction of sp³-hybridized carbons (Fsp3) is 0.900. The summed E-state index contributed by atoms with van der Waals surface area (Å²) in [4.78, 5) is 10.3. The van der Waals surface area contributed by atoms with Crippen molar-refractivity contribution in [1.82, 2.24) is 0 Å². The summed E-state index contributed by atoms with van der Waals surface area (Å²) in [5.41, 5.74) is 0. The molecule has 2 nitrogen and oxygen atoms in total. The molecular weight excluding hydrogens is 180 g/mol. The fourth-order valence-corrected chi connectivity index (χ4v) is 2.32. The highest BCUT2D eigenvalue weighted by molar-refractivity contribution is 6.74. The summed E-state index contributed by atoms with van der Waals surface area (Å²) >= 11 is 0. The van der Waals surface area contributed by atoms with Crippen molar-refractivity contribution in [3.8, 4) is 0 Å². The summed E-state index contributed by atoms with van der Waals surface area (Å²) in [6.45, 7) is 13.0. The molecule has 0 bridgehead atoms. The number of aldehydes is 1. The summed E-state index contributed by atoms with van der Waals surface area (Å²) in [5.74, 6) is 0. The molecule has 0 aliphatic rings. The van der Waals surface area contributed by atoms with E-state index in [0.717, 1.165) is 6.29 Å². The van der Waals surface area contributed by atoms with Gasteiger partial charge >= 0.3 is 0 Å². The van der Waals surface area contributed by atoms with Crippen LogP contribution >= 0.6 is 0 Å². The van der Waals surface area contributed by atoms with Crippen molar-refractivity contribution in [2.75, 3.05) is 0 Å². The average molecular weight is 202 g/mol. The van der Waals surface area contributed by atoms with Gasteiger partial charge in [0.05, 0.1) is 0 Å². The molecule has 0 aromatic carbocycles. The van der Waals surface area contributed by atoms with Gasteiger partial charge < -0.3 is 9.22 Å². The van der Waals surface area contributed by atoms with E-state index in [1.54, 1.807) is 0 Å². The Bertz CT molecular complexity index is 170. The predicted octanol–water partition coefficient (Wildman–Crippen LogP) is 2.99. The first-order chi connectivity index (χ1) is 5.70. The van der Waals surface area contributed by atoms with Crippen LogP contribution in [0, 0.1) is 0 Å². The Kier molecular flexibility index (Phi) is 4.32. The summed E-state index contributed by atoms with van der Waals surface area (Å²) < 4.78 is 5.95. The van der Waals surface area contributed by atoms with Crippen LogP contribution in [0.3, 0.4) is 0 Å². The van der Waals surface area contributed by atoms with E-state index in [2.05, 4.69) is 33.9 Å². The number of hydrogen-bond acceptors (Lipinski definition) is 2. The average Bonchev–Trinajstić information content (AvgIpc) is 1.83. The smallest absolute Gasteiger partial charge is 0.192 e.